The fourth-order valence-corrected chi connectivity index (χ4v) is 2.44. The third-order valence-electron chi connectivity index (χ3n) is 3.56. The summed E-state index contributed by atoms with van der Waals surface area (Å²) in [4.78, 5) is 24.1. The second-order valence-electron chi connectivity index (χ2n) is 5.02. The van der Waals surface area contributed by atoms with E-state index in [-0.39, 0.29) is 11.6 Å². The van der Waals surface area contributed by atoms with E-state index in [1.54, 1.807) is 4.90 Å². The van der Waals surface area contributed by atoms with Crippen LogP contribution in [0.3, 0.4) is 0 Å². The van der Waals surface area contributed by atoms with Gasteiger partial charge in [0.1, 0.15) is 0 Å². The topological polar surface area (TPSA) is 83.7 Å². The molecule has 0 spiro atoms. The van der Waals surface area contributed by atoms with Gasteiger partial charge in [-0.25, -0.2) is 0 Å². The van der Waals surface area contributed by atoms with Crippen LogP contribution in [0.4, 0.5) is 5.69 Å². The first-order valence-electron chi connectivity index (χ1n) is 6.86. The molecule has 2 rings (SSSR count). The Hall–Kier alpha value is -2.11. The van der Waals surface area contributed by atoms with Crippen LogP contribution < -0.4 is 0 Å². The number of hydrogen-bond donors (Lipinski definition) is 1. The molecule has 1 aromatic carbocycles. The number of hydrogen-bond acceptors (Lipinski definition) is 4. The van der Waals surface area contributed by atoms with Crippen LogP contribution in [0.2, 0.25) is 0 Å². The predicted octanol–water partition coefficient (Wildman–Crippen LogP) is 2.71. The molecule has 0 aromatic heterocycles. The summed E-state index contributed by atoms with van der Waals surface area (Å²) in [6.45, 7) is 1.41. The van der Waals surface area contributed by atoms with Gasteiger partial charge in [0.25, 0.3) is 5.91 Å². The second kappa shape index (κ2) is 6.36. The van der Waals surface area contributed by atoms with Gasteiger partial charge in [-0.15, -0.1) is 0 Å². The molecule has 6 heteroatoms. The standard InChI is InChI=1S/C14H18N2O4/c17-13-10-11(6-7-12(13)16(19)20)14(18)15-8-4-2-1-3-5-9-15/h6-7,10,17H,1-5,8-9H2. The largest absolute Gasteiger partial charge is 0.502 e. The number of phenols is 1. The minimum atomic E-state index is -0.667. The molecule has 0 unspecified atom stereocenters. The maximum absolute atomic E-state index is 12.3. The van der Waals surface area contributed by atoms with Gasteiger partial charge >= 0.3 is 5.69 Å². The van der Waals surface area contributed by atoms with Crippen LogP contribution in [0, 0.1) is 10.1 Å². The third kappa shape index (κ3) is 3.26. The average molecular weight is 278 g/mol. The van der Waals surface area contributed by atoms with E-state index in [1.807, 2.05) is 0 Å². The average Bonchev–Trinajstić information content (AvgIpc) is 2.37. The molecule has 0 saturated carbocycles. The molecule has 1 aliphatic heterocycles. The van der Waals surface area contributed by atoms with Crippen molar-refractivity contribution in [2.75, 3.05) is 13.1 Å². The summed E-state index contributed by atoms with van der Waals surface area (Å²) in [6.07, 6.45) is 5.40. The summed E-state index contributed by atoms with van der Waals surface area (Å²) >= 11 is 0. The van der Waals surface area contributed by atoms with Crippen LogP contribution in [0.5, 0.6) is 5.75 Å². The number of nitrogens with zero attached hydrogens (tertiary/aromatic N) is 2. The summed E-state index contributed by atoms with van der Waals surface area (Å²) in [5.74, 6) is -0.634. The monoisotopic (exact) mass is 278 g/mol. The van der Waals surface area contributed by atoms with Gasteiger partial charge in [-0.05, 0) is 25.0 Å². The number of aromatic hydroxyl groups is 1. The summed E-state index contributed by atoms with van der Waals surface area (Å²) in [5.41, 5.74) is -0.0807. The molecule has 20 heavy (non-hydrogen) atoms. The maximum Gasteiger partial charge on any atom is 0.310 e. The number of amides is 1. The van der Waals surface area contributed by atoms with E-state index >= 15 is 0 Å². The van der Waals surface area contributed by atoms with Gasteiger partial charge in [0.15, 0.2) is 5.75 Å². The molecule has 0 bridgehead atoms. The Kier molecular flexibility index (Phi) is 4.55. The summed E-state index contributed by atoms with van der Waals surface area (Å²) < 4.78 is 0. The summed E-state index contributed by atoms with van der Waals surface area (Å²) in [7, 11) is 0. The summed E-state index contributed by atoms with van der Waals surface area (Å²) in [5, 5.41) is 20.2. The Morgan fingerprint density at radius 2 is 1.75 bits per heavy atom. The molecule has 1 aromatic rings. The lowest BCUT2D eigenvalue weighted by molar-refractivity contribution is -0.385. The molecule has 1 N–H and O–H groups in total. The van der Waals surface area contributed by atoms with Crippen LogP contribution in [-0.4, -0.2) is 33.9 Å². The van der Waals surface area contributed by atoms with Crippen molar-refractivity contribution in [2.45, 2.75) is 32.1 Å². The van der Waals surface area contributed by atoms with Gasteiger partial charge < -0.3 is 10.0 Å². The maximum atomic E-state index is 12.3. The molecule has 0 atom stereocenters. The highest BCUT2D eigenvalue weighted by Crippen LogP contribution is 2.27. The molecule has 1 heterocycles. The van der Waals surface area contributed by atoms with Crippen molar-refractivity contribution in [3.8, 4) is 5.75 Å². The molecular weight excluding hydrogens is 260 g/mol. The van der Waals surface area contributed by atoms with Crippen LogP contribution in [0.1, 0.15) is 42.5 Å². The van der Waals surface area contributed by atoms with Gasteiger partial charge in [-0.3, -0.25) is 14.9 Å². The Morgan fingerprint density at radius 3 is 2.30 bits per heavy atom. The van der Waals surface area contributed by atoms with E-state index in [9.17, 15) is 20.0 Å². The van der Waals surface area contributed by atoms with Crippen LogP contribution >= 0.6 is 0 Å². The first-order chi connectivity index (χ1) is 9.59. The van der Waals surface area contributed by atoms with Gasteiger partial charge in [0, 0.05) is 24.7 Å². The van der Waals surface area contributed by atoms with E-state index < -0.39 is 10.7 Å². The Morgan fingerprint density at radius 1 is 1.15 bits per heavy atom. The van der Waals surface area contributed by atoms with Crippen LogP contribution in [-0.2, 0) is 0 Å². The molecular formula is C14H18N2O4. The highest BCUT2D eigenvalue weighted by atomic mass is 16.6. The van der Waals surface area contributed by atoms with E-state index in [0.717, 1.165) is 25.7 Å². The van der Waals surface area contributed by atoms with Crippen molar-refractivity contribution >= 4 is 11.6 Å². The fourth-order valence-electron chi connectivity index (χ4n) is 2.44. The molecule has 1 saturated heterocycles. The molecule has 108 valence electrons. The van der Waals surface area contributed by atoms with E-state index in [1.165, 1.54) is 24.6 Å². The number of phenolic OH excluding ortho intramolecular Hbond substituents is 1. The Bertz CT molecular complexity index is 508. The quantitative estimate of drug-likeness (QED) is 0.666. The highest BCUT2D eigenvalue weighted by Gasteiger charge is 2.20. The zero-order chi connectivity index (χ0) is 14.5. The first kappa shape index (κ1) is 14.3. The van der Waals surface area contributed by atoms with E-state index in [4.69, 9.17) is 0 Å². The molecule has 0 aliphatic carbocycles. The first-order valence-corrected chi connectivity index (χ1v) is 6.86. The smallest absolute Gasteiger partial charge is 0.310 e. The van der Waals surface area contributed by atoms with E-state index in [2.05, 4.69) is 0 Å². The van der Waals surface area contributed by atoms with Crippen molar-refractivity contribution in [1.29, 1.82) is 0 Å². The van der Waals surface area contributed by atoms with Crippen molar-refractivity contribution in [3.63, 3.8) is 0 Å². The minimum absolute atomic E-state index is 0.169. The zero-order valence-electron chi connectivity index (χ0n) is 11.2. The number of nitro groups is 1. The number of likely N-dealkylation sites (tertiary alicyclic amines) is 1. The molecule has 1 amide bonds. The van der Waals surface area contributed by atoms with Crippen molar-refractivity contribution in [3.05, 3.63) is 33.9 Å². The normalized spacial score (nSPS) is 16.3. The summed E-state index contributed by atoms with van der Waals surface area (Å²) in [6, 6.07) is 3.75. The van der Waals surface area contributed by atoms with Crippen molar-refractivity contribution < 1.29 is 14.8 Å². The minimum Gasteiger partial charge on any atom is -0.502 e. The van der Waals surface area contributed by atoms with Gasteiger partial charge in [-0.2, -0.15) is 0 Å². The van der Waals surface area contributed by atoms with Crippen molar-refractivity contribution in [1.82, 2.24) is 4.90 Å². The van der Waals surface area contributed by atoms with Crippen LogP contribution in [0.15, 0.2) is 18.2 Å². The number of carbonyl (C=O) groups is 1. The van der Waals surface area contributed by atoms with Crippen LogP contribution in [0.25, 0.3) is 0 Å². The molecule has 1 fully saturated rings. The number of benzene rings is 1. The van der Waals surface area contributed by atoms with Gasteiger partial charge in [0.2, 0.25) is 0 Å². The molecule has 6 nitrogen and oxygen atoms in total. The lowest BCUT2D eigenvalue weighted by Gasteiger charge is -2.24. The van der Waals surface area contributed by atoms with Crippen molar-refractivity contribution in [2.24, 2.45) is 0 Å². The highest BCUT2D eigenvalue weighted by molar-refractivity contribution is 5.95. The molecule has 1 aliphatic rings. The number of nitro benzene ring substituents is 1. The van der Waals surface area contributed by atoms with E-state index in [0.29, 0.717) is 18.7 Å². The third-order valence-corrected chi connectivity index (χ3v) is 3.56. The lowest BCUT2D eigenvalue weighted by atomic mass is 10.1. The predicted molar refractivity (Wildman–Crippen MR) is 73.7 cm³/mol. The molecule has 0 radical (unpaired) electrons. The van der Waals surface area contributed by atoms with Gasteiger partial charge in [-0.1, -0.05) is 19.3 Å². The Labute approximate surface area is 117 Å². The number of rotatable bonds is 2. The lowest BCUT2D eigenvalue weighted by Crippen LogP contribution is -2.33. The zero-order valence-corrected chi connectivity index (χ0v) is 11.2. The Balaban J connectivity index is 2.15. The van der Waals surface area contributed by atoms with Gasteiger partial charge in [0.05, 0.1) is 4.92 Å². The SMILES string of the molecule is O=C(c1ccc([N+](=O)[O-])c(O)c1)N1CCCCCCC1. The number of carbonyl (C=O) groups excluding carboxylic acids is 1. The second-order valence-corrected chi connectivity index (χ2v) is 5.02. The fraction of sp³-hybridized carbons (Fsp3) is 0.500.